The molecule has 1 aromatic heterocycles. The van der Waals surface area contributed by atoms with E-state index in [0.717, 1.165) is 30.4 Å². The van der Waals surface area contributed by atoms with E-state index in [-0.39, 0.29) is 11.8 Å². The van der Waals surface area contributed by atoms with Gasteiger partial charge < -0.3 is 14.5 Å². The Morgan fingerprint density at radius 3 is 2.55 bits per heavy atom. The number of hydrogen-bond acceptors (Lipinski definition) is 4. The quantitative estimate of drug-likeness (QED) is 0.734. The van der Waals surface area contributed by atoms with Gasteiger partial charge in [0.15, 0.2) is 0 Å². The molecule has 2 heterocycles. The molecule has 5 rings (SSSR count). The molecule has 0 bridgehead atoms. The normalized spacial score (nSPS) is 26.3. The fourth-order valence-corrected chi connectivity index (χ4v) is 5.14. The Labute approximate surface area is 169 Å². The first kappa shape index (κ1) is 18.1. The number of hydrogen-bond donors (Lipinski definition) is 1. The summed E-state index contributed by atoms with van der Waals surface area (Å²) in [5, 5.41) is 15.7. The molecule has 3 atom stereocenters. The van der Waals surface area contributed by atoms with Gasteiger partial charge in [-0.15, -0.1) is 0 Å². The molecule has 1 N–H and O–H groups in total. The topological polar surface area (TPSA) is 66.6 Å². The molecule has 0 radical (unpaired) electrons. The summed E-state index contributed by atoms with van der Waals surface area (Å²) < 4.78 is 5.16. The first-order valence-electron chi connectivity index (χ1n) is 10.2. The van der Waals surface area contributed by atoms with E-state index in [1.165, 1.54) is 6.26 Å². The molecule has 0 spiro atoms. The number of carbonyl (C=O) groups is 1. The molecule has 0 unspecified atom stereocenters. The van der Waals surface area contributed by atoms with Crippen molar-refractivity contribution in [1.29, 1.82) is 0 Å². The van der Waals surface area contributed by atoms with Gasteiger partial charge in [-0.1, -0.05) is 65.8 Å². The van der Waals surface area contributed by atoms with Gasteiger partial charge in [-0.25, -0.2) is 0 Å². The van der Waals surface area contributed by atoms with Crippen LogP contribution >= 0.6 is 0 Å². The van der Waals surface area contributed by atoms with E-state index < -0.39 is 5.60 Å². The molecule has 2 aliphatic rings. The molecule has 1 saturated carbocycles. The van der Waals surface area contributed by atoms with Crippen LogP contribution in [0, 0.1) is 11.8 Å². The first-order valence-corrected chi connectivity index (χ1v) is 10.2. The van der Waals surface area contributed by atoms with Crippen LogP contribution < -0.4 is 0 Å². The van der Waals surface area contributed by atoms with Gasteiger partial charge in [0, 0.05) is 24.6 Å². The van der Waals surface area contributed by atoms with Gasteiger partial charge in [-0.2, -0.15) is 0 Å². The fourth-order valence-electron chi connectivity index (χ4n) is 5.14. The number of carbonyl (C=O) groups excluding carboxylic acids is 1. The molecule has 1 aliphatic heterocycles. The lowest BCUT2D eigenvalue weighted by molar-refractivity contribution is -0.0644. The van der Waals surface area contributed by atoms with Gasteiger partial charge in [0.1, 0.15) is 17.5 Å². The van der Waals surface area contributed by atoms with E-state index in [1.54, 1.807) is 0 Å². The Morgan fingerprint density at radius 2 is 1.79 bits per heavy atom. The third-order valence-corrected chi connectivity index (χ3v) is 6.60. The van der Waals surface area contributed by atoms with E-state index in [4.69, 9.17) is 4.52 Å². The number of fused-ring (bicyclic) bond motifs is 1. The summed E-state index contributed by atoms with van der Waals surface area (Å²) in [6.07, 6.45) is 4.19. The molecule has 148 valence electrons. The summed E-state index contributed by atoms with van der Waals surface area (Å²) in [5.74, 6) is 0.274. The number of benzene rings is 2. The Morgan fingerprint density at radius 1 is 1.07 bits per heavy atom. The van der Waals surface area contributed by atoms with Crippen molar-refractivity contribution in [2.45, 2.75) is 24.9 Å². The first-order chi connectivity index (χ1) is 14.2. The standard InChI is InChI=1S/C24H24N2O3/c27-23(20-16-29-25-22(20)17-8-3-1-4-9-17)26-14-18-10-7-13-24(28,21(18)15-26)19-11-5-2-6-12-19/h1-6,8-9,11-12,16,18,21,28H,7,10,13-15H2/t18-,21+,24+/m0/s1. The van der Waals surface area contributed by atoms with Gasteiger partial charge in [0.2, 0.25) is 0 Å². The average molecular weight is 388 g/mol. The highest BCUT2D eigenvalue weighted by Gasteiger charge is 2.50. The van der Waals surface area contributed by atoms with Gasteiger partial charge in [-0.3, -0.25) is 4.79 Å². The minimum Gasteiger partial charge on any atom is -0.385 e. The van der Waals surface area contributed by atoms with E-state index in [9.17, 15) is 9.90 Å². The summed E-state index contributed by atoms with van der Waals surface area (Å²) in [7, 11) is 0. The highest BCUT2D eigenvalue weighted by atomic mass is 16.5. The van der Waals surface area contributed by atoms with Crippen molar-refractivity contribution in [3.8, 4) is 11.3 Å². The zero-order valence-corrected chi connectivity index (χ0v) is 16.2. The molecule has 2 aromatic carbocycles. The van der Waals surface area contributed by atoms with Crippen molar-refractivity contribution in [2.75, 3.05) is 13.1 Å². The number of aliphatic hydroxyl groups is 1. The van der Waals surface area contributed by atoms with Crippen molar-refractivity contribution in [3.63, 3.8) is 0 Å². The molecule has 1 amide bonds. The van der Waals surface area contributed by atoms with E-state index in [2.05, 4.69) is 5.16 Å². The maximum absolute atomic E-state index is 13.3. The zero-order chi connectivity index (χ0) is 19.8. The van der Waals surface area contributed by atoms with Crippen molar-refractivity contribution in [1.82, 2.24) is 10.1 Å². The summed E-state index contributed by atoms with van der Waals surface area (Å²) >= 11 is 0. The second kappa shape index (κ2) is 7.16. The molecule has 29 heavy (non-hydrogen) atoms. The number of amides is 1. The van der Waals surface area contributed by atoms with Crippen LogP contribution in [0.15, 0.2) is 71.4 Å². The Kier molecular flexibility index (Phi) is 4.47. The highest BCUT2D eigenvalue weighted by Crippen LogP contribution is 2.48. The van der Waals surface area contributed by atoms with Gasteiger partial charge in [0.25, 0.3) is 5.91 Å². The predicted molar refractivity (Wildman–Crippen MR) is 109 cm³/mol. The number of likely N-dealkylation sites (tertiary alicyclic amines) is 1. The van der Waals surface area contributed by atoms with E-state index >= 15 is 0 Å². The monoisotopic (exact) mass is 388 g/mol. The molecule has 5 nitrogen and oxygen atoms in total. The van der Waals surface area contributed by atoms with Gasteiger partial charge in [0.05, 0.1) is 5.60 Å². The lowest BCUT2D eigenvalue weighted by atomic mass is 9.67. The van der Waals surface area contributed by atoms with Crippen LogP contribution in [0.2, 0.25) is 0 Å². The molecule has 5 heteroatoms. The summed E-state index contributed by atoms with van der Waals surface area (Å²) in [4.78, 5) is 15.2. The molecule has 1 aliphatic carbocycles. The molecule has 2 fully saturated rings. The van der Waals surface area contributed by atoms with Crippen molar-refractivity contribution in [3.05, 3.63) is 78.1 Å². The third-order valence-electron chi connectivity index (χ3n) is 6.60. The smallest absolute Gasteiger partial charge is 0.259 e. The molecular formula is C24H24N2O3. The van der Waals surface area contributed by atoms with Crippen molar-refractivity contribution >= 4 is 5.91 Å². The van der Waals surface area contributed by atoms with Crippen LogP contribution in [0.3, 0.4) is 0 Å². The largest absolute Gasteiger partial charge is 0.385 e. The fraction of sp³-hybridized carbons (Fsp3) is 0.333. The number of rotatable bonds is 3. The summed E-state index contributed by atoms with van der Waals surface area (Å²) in [6.45, 7) is 1.21. The Bertz CT molecular complexity index is 1000. The Balaban J connectivity index is 1.42. The minimum absolute atomic E-state index is 0.0441. The summed E-state index contributed by atoms with van der Waals surface area (Å²) in [5.41, 5.74) is 2.00. The molecule has 3 aromatic rings. The van der Waals surface area contributed by atoms with Crippen LogP contribution in [0.25, 0.3) is 11.3 Å². The van der Waals surface area contributed by atoms with Crippen LogP contribution in [0.5, 0.6) is 0 Å². The summed E-state index contributed by atoms with van der Waals surface area (Å²) in [6, 6.07) is 19.5. The van der Waals surface area contributed by atoms with Crippen LogP contribution in [-0.4, -0.2) is 34.2 Å². The Hall–Kier alpha value is -2.92. The molecular weight excluding hydrogens is 364 g/mol. The average Bonchev–Trinajstić information content (AvgIpc) is 3.43. The van der Waals surface area contributed by atoms with E-state index in [0.29, 0.717) is 30.3 Å². The van der Waals surface area contributed by atoms with Gasteiger partial charge >= 0.3 is 0 Å². The SMILES string of the molecule is O=C(c1conc1-c1ccccc1)N1C[C@@H]2CCC[C@@](O)(c3ccccc3)[C@@H]2C1. The zero-order valence-electron chi connectivity index (χ0n) is 16.2. The second-order valence-corrected chi connectivity index (χ2v) is 8.20. The molecule has 1 saturated heterocycles. The predicted octanol–water partition coefficient (Wildman–Crippen LogP) is 4.10. The number of aromatic nitrogens is 1. The minimum atomic E-state index is -0.879. The highest BCUT2D eigenvalue weighted by molar-refractivity contribution is 5.99. The van der Waals surface area contributed by atoms with E-state index in [1.807, 2.05) is 65.6 Å². The van der Waals surface area contributed by atoms with Crippen LogP contribution in [0.4, 0.5) is 0 Å². The van der Waals surface area contributed by atoms with Crippen LogP contribution in [-0.2, 0) is 5.60 Å². The second-order valence-electron chi connectivity index (χ2n) is 8.20. The lowest BCUT2D eigenvalue weighted by Gasteiger charge is -2.41. The number of nitrogens with zero attached hydrogens (tertiary/aromatic N) is 2. The van der Waals surface area contributed by atoms with Crippen LogP contribution in [0.1, 0.15) is 35.2 Å². The lowest BCUT2D eigenvalue weighted by Crippen LogP contribution is -2.42. The van der Waals surface area contributed by atoms with Crippen molar-refractivity contribution < 1.29 is 14.4 Å². The maximum atomic E-state index is 13.3. The maximum Gasteiger partial charge on any atom is 0.259 e. The van der Waals surface area contributed by atoms with Gasteiger partial charge in [-0.05, 0) is 30.7 Å². The third kappa shape index (κ3) is 3.06. The van der Waals surface area contributed by atoms with Crippen molar-refractivity contribution in [2.24, 2.45) is 11.8 Å².